The number of nitrogens with zero attached hydrogens (tertiary/aromatic N) is 1. The fourth-order valence-corrected chi connectivity index (χ4v) is 1.75. The van der Waals surface area contributed by atoms with Crippen molar-refractivity contribution in [3.05, 3.63) is 65.7 Å². The fourth-order valence-electron chi connectivity index (χ4n) is 1.75. The van der Waals surface area contributed by atoms with E-state index in [4.69, 9.17) is 5.73 Å². The van der Waals surface area contributed by atoms with E-state index in [1.54, 1.807) is 18.3 Å². The van der Waals surface area contributed by atoms with Crippen molar-refractivity contribution in [2.45, 2.75) is 5.92 Å². The molecule has 1 aromatic heterocycles. The summed E-state index contributed by atoms with van der Waals surface area (Å²) in [6.07, 6.45) is 1.69. The van der Waals surface area contributed by atoms with Crippen LogP contribution in [0.25, 0.3) is 0 Å². The van der Waals surface area contributed by atoms with E-state index in [2.05, 4.69) is 4.98 Å². The van der Waals surface area contributed by atoms with Gasteiger partial charge in [0.05, 0.1) is 0 Å². The first-order chi connectivity index (χ1) is 7.83. The molecule has 0 radical (unpaired) electrons. The van der Waals surface area contributed by atoms with Gasteiger partial charge in [-0.25, -0.2) is 4.39 Å². The fraction of sp³-hybridized carbons (Fsp3) is 0.154. The molecule has 0 saturated heterocycles. The van der Waals surface area contributed by atoms with Crippen LogP contribution < -0.4 is 5.73 Å². The molecule has 2 nitrogen and oxygen atoms in total. The van der Waals surface area contributed by atoms with Gasteiger partial charge in [-0.2, -0.15) is 0 Å². The van der Waals surface area contributed by atoms with Crippen LogP contribution in [0, 0.1) is 5.82 Å². The minimum Gasteiger partial charge on any atom is -0.329 e. The van der Waals surface area contributed by atoms with E-state index >= 15 is 0 Å². The van der Waals surface area contributed by atoms with E-state index < -0.39 is 0 Å². The highest BCUT2D eigenvalue weighted by Gasteiger charge is 2.16. The second-order valence-electron chi connectivity index (χ2n) is 3.56. The first kappa shape index (κ1) is 10.8. The van der Waals surface area contributed by atoms with E-state index in [0.717, 1.165) is 5.69 Å². The lowest BCUT2D eigenvalue weighted by Gasteiger charge is -2.15. The van der Waals surface area contributed by atoms with E-state index in [0.29, 0.717) is 12.1 Å². The van der Waals surface area contributed by atoms with Gasteiger partial charge in [-0.1, -0.05) is 24.3 Å². The third-order valence-electron chi connectivity index (χ3n) is 2.56. The van der Waals surface area contributed by atoms with Crippen LogP contribution in [-0.2, 0) is 0 Å². The van der Waals surface area contributed by atoms with Crippen LogP contribution in [0.15, 0.2) is 48.7 Å². The van der Waals surface area contributed by atoms with Crippen LogP contribution in [-0.4, -0.2) is 11.5 Å². The lowest BCUT2D eigenvalue weighted by molar-refractivity contribution is 0.594. The van der Waals surface area contributed by atoms with E-state index in [9.17, 15) is 4.39 Å². The Bertz CT molecular complexity index is 456. The molecule has 2 aromatic rings. The highest BCUT2D eigenvalue weighted by molar-refractivity contribution is 5.30. The Morgan fingerprint density at radius 3 is 2.50 bits per heavy atom. The molecule has 1 aromatic carbocycles. The Balaban J connectivity index is 2.41. The molecule has 0 fully saturated rings. The van der Waals surface area contributed by atoms with Gasteiger partial charge < -0.3 is 5.73 Å². The largest absolute Gasteiger partial charge is 0.329 e. The predicted octanol–water partition coefficient (Wildman–Crippen LogP) is 2.31. The Morgan fingerprint density at radius 2 is 1.88 bits per heavy atom. The maximum Gasteiger partial charge on any atom is 0.127 e. The second-order valence-corrected chi connectivity index (χ2v) is 3.56. The van der Waals surface area contributed by atoms with E-state index in [1.165, 1.54) is 6.07 Å². The summed E-state index contributed by atoms with van der Waals surface area (Å²) < 4.78 is 13.6. The smallest absolute Gasteiger partial charge is 0.127 e. The highest BCUT2D eigenvalue weighted by Crippen LogP contribution is 2.23. The van der Waals surface area contributed by atoms with Gasteiger partial charge in [0.1, 0.15) is 5.82 Å². The molecule has 0 amide bonds. The van der Waals surface area contributed by atoms with Gasteiger partial charge >= 0.3 is 0 Å². The third-order valence-corrected chi connectivity index (χ3v) is 2.56. The minimum absolute atomic E-state index is 0.178. The van der Waals surface area contributed by atoms with Crippen molar-refractivity contribution in [2.24, 2.45) is 5.73 Å². The number of rotatable bonds is 3. The molecule has 0 aliphatic heterocycles. The molecule has 82 valence electrons. The normalized spacial score (nSPS) is 12.4. The van der Waals surface area contributed by atoms with Gasteiger partial charge in [0.15, 0.2) is 0 Å². The third kappa shape index (κ3) is 2.09. The second kappa shape index (κ2) is 4.86. The lowest BCUT2D eigenvalue weighted by Crippen LogP contribution is -2.16. The number of nitrogens with two attached hydrogens (primary N) is 1. The summed E-state index contributed by atoms with van der Waals surface area (Å²) in [6.45, 7) is 0.345. The van der Waals surface area contributed by atoms with Gasteiger partial charge in [0, 0.05) is 24.4 Å². The number of hydrogen-bond acceptors (Lipinski definition) is 2. The molecule has 3 heteroatoms. The molecule has 0 spiro atoms. The number of pyridine rings is 1. The van der Waals surface area contributed by atoms with Crippen molar-refractivity contribution < 1.29 is 4.39 Å². The standard InChI is InChI=1S/C13H13FN2/c14-12-6-2-1-5-10(12)11(9-15)13-7-3-4-8-16-13/h1-8,11H,9,15H2/t11-/m1/s1. The average molecular weight is 216 g/mol. The summed E-state index contributed by atoms with van der Waals surface area (Å²) in [7, 11) is 0. The van der Waals surface area contributed by atoms with Crippen molar-refractivity contribution >= 4 is 0 Å². The SMILES string of the molecule is NC[C@@H](c1ccccn1)c1ccccc1F. The van der Waals surface area contributed by atoms with E-state index in [-0.39, 0.29) is 11.7 Å². The highest BCUT2D eigenvalue weighted by atomic mass is 19.1. The van der Waals surface area contributed by atoms with Gasteiger partial charge in [0.2, 0.25) is 0 Å². The molecular formula is C13H13FN2. The number of hydrogen-bond donors (Lipinski definition) is 1. The Morgan fingerprint density at radius 1 is 1.12 bits per heavy atom. The average Bonchev–Trinajstić information content (AvgIpc) is 2.34. The molecule has 0 bridgehead atoms. The molecular weight excluding hydrogens is 203 g/mol. The van der Waals surface area contributed by atoms with Crippen LogP contribution >= 0.6 is 0 Å². The van der Waals surface area contributed by atoms with Gasteiger partial charge in [0.25, 0.3) is 0 Å². The molecule has 16 heavy (non-hydrogen) atoms. The molecule has 2 N–H and O–H groups in total. The quantitative estimate of drug-likeness (QED) is 0.855. The van der Waals surface area contributed by atoms with Gasteiger partial charge in [-0.15, -0.1) is 0 Å². The zero-order chi connectivity index (χ0) is 11.4. The number of halogens is 1. The van der Waals surface area contributed by atoms with Crippen molar-refractivity contribution in [3.8, 4) is 0 Å². The zero-order valence-electron chi connectivity index (χ0n) is 8.81. The van der Waals surface area contributed by atoms with Crippen molar-refractivity contribution in [2.75, 3.05) is 6.54 Å². The van der Waals surface area contributed by atoms with Crippen LogP contribution in [0.1, 0.15) is 17.2 Å². The van der Waals surface area contributed by atoms with Crippen LogP contribution in [0.3, 0.4) is 0 Å². The van der Waals surface area contributed by atoms with Crippen molar-refractivity contribution in [1.29, 1.82) is 0 Å². The van der Waals surface area contributed by atoms with Crippen molar-refractivity contribution in [1.82, 2.24) is 4.98 Å². The van der Waals surface area contributed by atoms with Crippen LogP contribution in [0.4, 0.5) is 4.39 Å². The lowest BCUT2D eigenvalue weighted by atomic mass is 9.95. The molecule has 0 aliphatic carbocycles. The molecule has 1 heterocycles. The summed E-state index contributed by atoms with van der Waals surface area (Å²) in [6, 6.07) is 12.3. The molecule has 0 saturated carbocycles. The van der Waals surface area contributed by atoms with Gasteiger partial charge in [-0.3, -0.25) is 4.98 Å². The Hall–Kier alpha value is -1.74. The predicted molar refractivity (Wildman–Crippen MR) is 61.5 cm³/mol. The van der Waals surface area contributed by atoms with Crippen LogP contribution in [0.2, 0.25) is 0 Å². The number of benzene rings is 1. The topological polar surface area (TPSA) is 38.9 Å². The van der Waals surface area contributed by atoms with Crippen molar-refractivity contribution in [3.63, 3.8) is 0 Å². The molecule has 1 atom stereocenters. The summed E-state index contributed by atoms with van der Waals surface area (Å²) in [4.78, 5) is 4.22. The molecule has 0 aliphatic rings. The summed E-state index contributed by atoms with van der Waals surface area (Å²) in [5.41, 5.74) is 7.10. The van der Waals surface area contributed by atoms with Crippen LogP contribution in [0.5, 0.6) is 0 Å². The minimum atomic E-state index is -0.233. The summed E-state index contributed by atoms with van der Waals surface area (Å²) in [5, 5.41) is 0. The van der Waals surface area contributed by atoms with Gasteiger partial charge in [-0.05, 0) is 23.8 Å². The number of aromatic nitrogens is 1. The first-order valence-electron chi connectivity index (χ1n) is 5.18. The Kier molecular flexibility index (Phi) is 3.27. The summed E-state index contributed by atoms with van der Waals surface area (Å²) >= 11 is 0. The summed E-state index contributed by atoms with van der Waals surface area (Å²) in [5.74, 6) is -0.411. The monoisotopic (exact) mass is 216 g/mol. The zero-order valence-corrected chi connectivity index (χ0v) is 8.81. The maximum absolute atomic E-state index is 13.6. The molecule has 2 rings (SSSR count). The van der Waals surface area contributed by atoms with E-state index in [1.807, 2.05) is 24.3 Å². The maximum atomic E-state index is 13.6. The molecule has 0 unspecified atom stereocenters. The first-order valence-corrected chi connectivity index (χ1v) is 5.18. The Labute approximate surface area is 93.9 Å².